The first kappa shape index (κ1) is 19.0. The number of hydrogen-bond acceptors (Lipinski definition) is 1. The van der Waals surface area contributed by atoms with Gasteiger partial charge in [0.2, 0.25) is 0 Å². The summed E-state index contributed by atoms with van der Waals surface area (Å²) >= 11 is 0. The minimum absolute atomic E-state index is 0.105. The minimum atomic E-state index is -0.801. The molecule has 0 atom stereocenters. The normalized spacial score (nSPS) is 15.3. The van der Waals surface area contributed by atoms with Crippen molar-refractivity contribution in [1.82, 2.24) is 3.90 Å². The van der Waals surface area contributed by atoms with Gasteiger partial charge in [-0.15, -0.1) is 0 Å². The Morgan fingerprint density at radius 3 is 1.39 bits per heavy atom. The SMILES string of the molecule is CC(C)(C)[SiH](N([SiH2]CC[SiH3])[SiH2]CC[SiH3])C(C)(C)C. The third kappa shape index (κ3) is 7.00. The molecule has 0 aromatic carbocycles. The predicted octanol–water partition coefficient (Wildman–Crippen LogP) is 0.184. The molecule has 0 amide bonds. The molecule has 0 aromatic rings. The van der Waals surface area contributed by atoms with E-state index in [9.17, 15) is 0 Å². The lowest BCUT2D eigenvalue weighted by Gasteiger charge is -2.47. The maximum absolute atomic E-state index is 3.22. The van der Waals surface area contributed by atoms with E-state index < -0.39 is 8.96 Å². The topological polar surface area (TPSA) is 3.24 Å². The fourth-order valence-electron chi connectivity index (χ4n) is 3.49. The number of rotatable bonds is 7. The molecule has 0 saturated carbocycles. The van der Waals surface area contributed by atoms with Gasteiger partial charge in [-0.1, -0.05) is 65.7 Å². The lowest BCUT2D eigenvalue weighted by atomic mass is 10.2. The van der Waals surface area contributed by atoms with Gasteiger partial charge in [-0.05, 0) is 10.1 Å². The standard InChI is InChI=1S/C12H37NSi5/c1-11(2,3)18(12(4,5)6)13(16-9-7-14)17-10-8-15/h18H,7-10,16-17H2,1-6,14-15H3. The third-order valence-electron chi connectivity index (χ3n) is 3.60. The second kappa shape index (κ2) is 8.36. The molecule has 0 rings (SSSR count). The van der Waals surface area contributed by atoms with Crippen LogP contribution in [-0.4, -0.2) is 52.7 Å². The van der Waals surface area contributed by atoms with Crippen molar-refractivity contribution in [3.63, 3.8) is 0 Å². The summed E-state index contributed by atoms with van der Waals surface area (Å²) in [5.74, 6) is 0. The third-order valence-corrected chi connectivity index (χ3v) is 20.7. The maximum atomic E-state index is 3.22. The van der Waals surface area contributed by atoms with E-state index in [2.05, 4.69) is 45.4 Å². The Labute approximate surface area is 128 Å². The van der Waals surface area contributed by atoms with Gasteiger partial charge in [0.05, 0.1) is 19.4 Å². The Bertz CT molecular complexity index is 199. The van der Waals surface area contributed by atoms with E-state index >= 15 is 0 Å². The molecule has 0 fully saturated rings. The predicted molar refractivity (Wildman–Crippen MR) is 105 cm³/mol. The molecule has 0 aliphatic rings. The van der Waals surface area contributed by atoms with Crippen molar-refractivity contribution in [2.45, 2.75) is 75.8 Å². The molecule has 18 heavy (non-hydrogen) atoms. The highest BCUT2D eigenvalue weighted by Gasteiger charge is 2.40. The van der Waals surface area contributed by atoms with Crippen molar-refractivity contribution < 1.29 is 0 Å². The average molecular weight is 336 g/mol. The molecule has 0 aromatic heterocycles. The van der Waals surface area contributed by atoms with Crippen LogP contribution < -0.4 is 0 Å². The minimum Gasteiger partial charge on any atom is -0.379 e. The Morgan fingerprint density at radius 1 is 0.833 bits per heavy atom. The Balaban J connectivity index is 4.95. The van der Waals surface area contributed by atoms with Crippen molar-refractivity contribution in [2.24, 2.45) is 0 Å². The first-order valence-electron chi connectivity index (χ1n) is 7.88. The van der Waals surface area contributed by atoms with E-state index in [-0.39, 0.29) is 19.4 Å². The fourth-order valence-corrected chi connectivity index (χ4v) is 23.6. The van der Waals surface area contributed by atoms with Gasteiger partial charge in [0.15, 0.2) is 0 Å². The van der Waals surface area contributed by atoms with Crippen LogP contribution in [0, 0.1) is 0 Å². The van der Waals surface area contributed by atoms with E-state index in [0.29, 0.717) is 10.1 Å². The van der Waals surface area contributed by atoms with Crippen molar-refractivity contribution in [3.8, 4) is 0 Å². The molecular weight excluding hydrogens is 299 g/mol. The van der Waals surface area contributed by atoms with Crippen molar-refractivity contribution >= 4 is 48.8 Å². The monoisotopic (exact) mass is 335 g/mol. The fraction of sp³-hybridized carbons (Fsp3) is 1.00. The molecule has 110 valence electrons. The smallest absolute Gasteiger partial charge is 0.108 e. The summed E-state index contributed by atoms with van der Waals surface area (Å²) in [6.45, 7) is 15.1. The molecule has 0 N–H and O–H groups in total. The Morgan fingerprint density at radius 2 is 1.17 bits per heavy atom. The molecule has 0 spiro atoms. The van der Waals surface area contributed by atoms with E-state index in [0.717, 1.165) is 0 Å². The van der Waals surface area contributed by atoms with Crippen LogP contribution in [0.3, 0.4) is 0 Å². The highest BCUT2D eigenvalue weighted by molar-refractivity contribution is 6.78. The summed E-state index contributed by atoms with van der Waals surface area (Å²) in [6.07, 6.45) is 0. The van der Waals surface area contributed by atoms with Crippen LogP contribution in [0.5, 0.6) is 0 Å². The molecule has 0 aliphatic heterocycles. The molecule has 0 heterocycles. The first-order valence-corrected chi connectivity index (χ1v) is 15.6. The summed E-state index contributed by atoms with van der Waals surface area (Å²) in [6, 6.07) is 6.31. The zero-order chi connectivity index (χ0) is 14.4. The highest BCUT2D eigenvalue weighted by Crippen LogP contribution is 2.43. The van der Waals surface area contributed by atoms with Gasteiger partial charge >= 0.3 is 0 Å². The summed E-state index contributed by atoms with van der Waals surface area (Å²) in [4.78, 5) is 0. The van der Waals surface area contributed by atoms with Crippen molar-refractivity contribution in [3.05, 3.63) is 0 Å². The van der Waals surface area contributed by atoms with Gasteiger partial charge in [-0.25, -0.2) is 0 Å². The Kier molecular flexibility index (Phi) is 8.84. The molecule has 0 saturated heterocycles. The van der Waals surface area contributed by atoms with Gasteiger partial charge in [-0.3, -0.25) is 0 Å². The zero-order valence-corrected chi connectivity index (χ0v) is 22.3. The number of nitrogens with zero attached hydrogens (tertiary/aromatic N) is 1. The lowest BCUT2D eigenvalue weighted by Crippen LogP contribution is -2.54. The summed E-state index contributed by atoms with van der Waals surface area (Å²) < 4.78 is 3.22. The van der Waals surface area contributed by atoms with Crippen LogP contribution in [0.25, 0.3) is 0 Å². The van der Waals surface area contributed by atoms with Crippen LogP contribution in [0.2, 0.25) is 34.3 Å². The van der Waals surface area contributed by atoms with Gasteiger partial charge in [-0.2, -0.15) is 0 Å². The van der Waals surface area contributed by atoms with Crippen LogP contribution in [0.15, 0.2) is 0 Å². The molecule has 0 aliphatic carbocycles. The van der Waals surface area contributed by atoms with Crippen LogP contribution in [-0.2, 0) is 0 Å². The molecule has 6 heteroatoms. The summed E-state index contributed by atoms with van der Waals surface area (Å²) in [5, 5.41) is 1.16. The van der Waals surface area contributed by atoms with Crippen LogP contribution in [0.1, 0.15) is 41.5 Å². The zero-order valence-electron chi connectivity index (χ0n) is 14.3. The van der Waals surface area contributed by atoms with Crippen LogP contribution in [0.4, 0.5) is 0 Å². The quantitative estimate of drug-likeness (QED) is 0.600. The van der Waals surface area contributed by atoms with Crippen LogP contribution >= 0.6 is 0 Å². The molecule has 0 bridgehead atoms. The Hall–Kier alpha value is 1.04. The largest absolute Gasteiger partial charge is 0.379 e. The van der Waals surface area contributed by atoms with E-state index in [1.807, 2.05) is 0 Å². The number of hydrogen-bond donors (Lipinski definition) is 0. The van der Waals surface area contributed by atoms with Gasteiger partial charge in [0.25, 0.3) is 0 Å². The van der Waals surface area contributed by atoms with Crippen molar-refractivity contribution in [2.75, 3.05) is 0 Å². The van der Waals surface area contributed by atoms with Gasteiger partial charge in [0, 0.05) is 20.5 Å². The molecule has 0 unspecified atom stereocenters. The van der Waals surface area contributed by atoms with Gasteiger partial charge < -0.3 is 3.90 Å². The first-order chi connectivity index (χ1) is 8.14. The lowest BCUT2D eigenvalue weighted by molar-refractivity contribution is 0.603. The second-order valence-corrected chi connectivity index (χ2v) is 21.2. The second-order valence-electron chi connectivity index (χ2n) is 7.88. The summed E-state index contributed by atoms with van der Waals surface area (Å²) in [7, 11) is 2.25. The van der Waals surface area contributed by atoms with E-state index in [1.54, 1.807) is 24.2 Å². The molecule has 1 nitrogen and oxygen atoms in total. The van der Waals surface area contributed by atoms with Gasteiger partial charge in [0.1, 0.15) is 8.96 Å². The highest BCUT2D eigenvalue weighted by atomic mass is 28.4. The van der Waals surface area contributed by atoms with Crippen molar-refractivity contribution in [1.29, 1.82) is 0 Å². The van der Waals surface area contributed by atoms with E-state index in [1.165, 1.54) is 20.5 Å². The molecular formula is C12H37NSi5. The maximum Gasteiger partial charge on any atom is 0.108 e. The molecule has 0 radical (unpaired) electrons. The van der Waals surface area contributed by atoms with E-state index in [4.69, 9.17) is 0 Å². The average Bonchev–Trinajstić information content (AvgIpc) is 2.17. The summed E-state index contributed by atoms with van der Waals surface area (Å²) in [5.41, 5.74) is 0.